The first kappa shape index (κ1) is 20.0. The van der Waals surface area contributed by atoms with Crippen LogP contribution >= 0.6 is 24.8 Å². The maximum Gasteiger partial charge on any atom is 0.0534 e. The zero-order valence-corrected chi connectivity index (χ0v) is 13.2. The summed E-state index contributed by atoms with van der Waals surface area (Å²) in [5.74, 6) is 0. The van der Waals surface area contributed by atoms with Crippen LogP contribution in [0.15, 0.2) is 12.4 Å². The van der Waals surface area contributed by atoms with Crippen LogP contribution in [0.25, 0.3) is 0 Å². The number of hydrogen-bond donors (Lipinski definition) is 1. The molecule has 0 aliphatic carbocycles. The zero-order chi connectivity index (χ0) is 11.8. The summed E-state index contributed by atoms with van der Waals surface area (Å²) in [7, 11) is 1.95. The smallest absolute Gasteiger partial charge is 0.0534 e. The van der Waals surface area contributed by atoms with E-state index >= 15 is 0 Å². The van der Waals surface area contributed by atoms with Gasteiger partial charge in [0.25, 0.3) is 0 Å². The molecule has 0 unspecified atom stereocenters. The molecule has 0 saturated heterocycles. The molecule has 0 aliphatic rings. The summed E-state index contributed by atoms with van der Waals surface area (Å²) in [6, 6.07) is 0. The third-order valence-electron chi connectivity index (χ3n) is 2.81. The van der Waals surface area contributed by atoms with Crippen LogP contribution in [-0.2, 0) is 13.6 Å². The summed E-state index contributed by atoms with van der Waals surface area (Å²) in [6.07, 6.45) is 5.18. The van der Waals surface area contributed by atoms with E-state index < -0.39 is 0 Å². The van der Waals surface area contributed by atoms with Gasteiger partial charge in [0, 0.05) is 25.4 Å². The number of rotatable bonds is 8. The third-order valence-corrected chi connectivity index (χ3v) is 2.81. The molecule has 0 aromatic carbocycles. The van der Waals surface area contributed by atoms with Crippen molar-refractivity contribution >= 4 is 24.8 Å². The van der Waals surface area contributed by atoms with Crippen LogP contribution in [-0.4, -0.2) is 40.9 Å². The Balaban J connectivity index is 0. The SMILES string of the molecule is CCN(CC)CCCNCc1cnn(C)c1.Cl.Cl. The first-order chi connectivity index (χ1) is 7.76. The van der Waals surface area contributed by atoms with E-state index in [1.54, 1.807) is 0 Å². The lowest BCUT2D eigenvalue weighted by atomic mass is 10.3. The number of halogens is 2. The Labute approximate surface area is 123 Å². The van der Waals surface area contributed by atoms with E-state index in [0.717, 1.165) is 26.2 Å². The Bertz CT molecular complexity index is 287. The van der Waals surface area contributed by atoms with Gasteiger partial charge in [0.15, 0.2) is 0 Å². The van der Waals surface area contributed by atoms with Crippen molar-refractivity contribution in [2.45, 2.75) is 26.8 Å². The van der Waals surface area contributed by atoms with E-state index in [0.29, 0.717) is 0 Å². The Kier molecular flexibility index (Phi) is 13.1. The predicted molar refractivity (Wildman–Crippen MR) is 81.8 cm³/mol. The zero-order valence-electron chi connectivity index (χ0n) is 11.6. The van der Waals surface area contributed by atoms with Crippen molar-refractivity contribution in [3.8, 4) is 0 Å². The fourth-order valence-electron chi connectivity index (χ4n) is 1.76. The van der Waals surface area contributed by atoms with Crippen molar-refractivity contribution in [2.75, 3.05) is 26.2 Å². The minimum Gasteiger partial charge on any atom is -0.313 e. The highest BCUT2D eigenvalue weighted by Crippen LogP contribution is 1.95. The molecule has 0 fully saturated rings. The van der Waals surface area contributed by atoms with Crippen LogP contribution in [0.2, 0.25) is 0 Å². The van der Waals surface area contributed by atoms with Crippen LogP contribution in [0.1, 0.15) is 25.8 Å². The van der Waals surface area contributed by atoms with E-state index in [9.17, 15) is 0 Å². The van der Waals surface area contributed by atoms with Gasteiger partial charge in [-0.3, -0.25) is 4.68 Å². The van der Waals surface area contributed by atoms with E-state index in [2.05, 4.69) is 35.4 Å². The molecule has 0 bridgehead atoms. The van der Waals surface area contributed by atoms with E-state index in [4.69, 9.17) is 0 Å². The van der Waals surface area contributed by atoms with Gasteiger partial charge < -0.3 is 10.2 Å². The van der Waals surface area contributed by atoms with E-state index in [1.807, 2.05) is 17.9 Å². The monoisotopic (exact) mass is 296 g/mol. The van der Waals surface area contributed by atoms with Crippen molar-refractivity contribution in [2.24, 2.45) is 7.05 Å². The summed E-state index contributed by atoms with van der Waals surface area (Å²) < 4.78 is 1.84. The van der Waals surface area contributed by atoms with E-state index in [-0.39, 0.29) is 24.8 Å². The van der Waals surface area contributed by atoms with Gasteiger partial charge >= 0.3 is 0 Å². The molecule has 1 rings (SSSR count). The molecule has 18 heavy (non-hydrogen) atoms. The summed E-state index contributed by atoms with van der Waals surface area (Å²) >= 11 is 0. The molecule has 1 aromatic heterocycles. The third kappa shape index (κ3) is 7.93. The maximum absolute atomic E-state index is 4.14. The lowest BCUT2D eigenvalue weighted by molar-refractivity contribution is 0.298. The second kappa shape index (κ2) is 11.8. The van der Waals surface area contributed by atoms with E-state index in [1.165, 1.54) is 18.5 Å². The molecule has 0 spiro atoms. The first-order valence-electron chi connectivity index (χ1n) is 6.16. The summed E-state index contributed by atoms with van der Waals surface area (Å²) in [4.78, 5) is 2.45. The molecule has 0 aliphatic heterocycles. The topological polar surface area (TPSA) is 33.1 Å². The van der Waals surface area contributed by atoms with Crippen LogP contribution in [0.5, 0.6) is 0 Å². The fourth-order valence-corrected chi connectivity index (χ4v) is 1.76. The van der Waals surface area contributed by atoms with Crippen LogP contribution in [0.4, 0.5) is 0 Å². The standard InChI is InChI=1S/C12H24N4.2ClH/c1-4-16(5-2)8-6-7-13-9-12-10-14-15(3)11-12;;/h10-11,13H,4-9H2,1-3H3;2*1H. The van der Waals surface area contributed by atoms with Crippen LogP contribution in [0, 0.1) is 0 Å². The Hall–Kier alpha value is -0.290. The molecule has 108 valence electrons. The highest BCUT2D eigenvalue weighted by Gasteiger charge is 1.98. The number of hydrogen-bond acceptors (Lipinski definition) is 3. The molecule has 1 heterocycles. The normalized spacial score (nSPS) is 10.0. The highest BCUT2D eigenvalue weighted by molar-refractivity contribution is 5.85. The number of aryl methyl sites for hydroxylation is 1. The van der Waals surface area contributed by atoms with Gasteiger partial charge in [-0.25, -0.2) is 0 Å². The Morgan fingerprint density at radius 1 is 1.28 bits per heavy atom. The van der Waals surface area contributed by atoms with Crippen molar-refractivity contribution in [3.05, 3.63) is 18.0 Å². The second-order valence-corrected chi connectivity index (χ2v) is 4.08. The Morgan fingerprint density at radius 3 is 2.44 bits per heavy atom. The van der Waals surface area contributed by atoms with Gasteiger partial charge in [-0.05, 0) is 32.6 Å². The van der Waals surface area contributed by atoms with Gasteiger partial charge in [-0.15, -0.1) is 24.8 Å². The first-order valence-corrected chi connectivity index (χ1v) is 6.16. The van der Waals surface area contributed by atoms with Crippen LogP contribution in [0.3, 0.4) is 0 Å². The largest absolute Gasteiger partial charge is 0.313 e. The lowest BCUT2D eigenvalue weighted by Crippen LogP contribution is -2.27. The van der Waals surface area contributed by atoms with Crippen molar-refractivity contribution in [3.63, 3.8) is 0 Å². The average molecular weight is 297 g/mol. The minimum absolute atomic E-state index is 0. The molecule has 1 aromatic rings. The molecular formula is C12H26Cl2N4. The van der Waals surface area contributed by atoms with Gasteiger partial charge in [-0.2, -0.15) is 5.10 Å². The predicted octanol–water partition coefficient (Wildman–Crippen LogP) is 2.09. The lowest BCUT2D eigenvalue weighted by Gasteiger charge is -2.17. The molecule has 6 heteroatoms. The van der Waals surface area contributed by atoms with Gasteiger partial charge in [0.1, 0.15) is 0 Å². The fraction of sp³-hybridized carbons (Fsp3) is 0.750. The molecule has 4 nitrogen and oxygen atoms in total. The van der Waals surface area contributed by atoms with Gasteiger partial charge in [0.2, 0.25) is 0 Å². The average Bonchev–Trinajstić information content (AvgIpc) is 2.70. The molecular weight excluding hydrogens is 271 g/mol. The minimum atomic E-state index is 0. The number of aromatic nitrogens is 2. The maximum atomic E-state index is 4.14. The molecule has 0 saturated carbocycles. The Morgan fingerprint density at radius 2 is 1.94 bits per heavy atom. The second-order valence-electron chi connectivity index (χ2n) is 4.08. The quantitative estimate of drug-likeness (QED) is 0.746. The van der Waals surface area contributed by atoms with Gasteiger partial charge in [-0.1, -0.05) is 13.8 Å². The van der Waals surface area contributed by atoms with Crippen molar-refractivity contribution in [1.29, 1.82) is 0 Å². The highest BCUT2D eigenvalue weighted by atomic mass is 35.5. The number of nitrogens with one attached hydrogen (secondary N) is 1. The summed E-state index contributed by atoms with van der Waals surface area (Å²) in [5, 5.41) is 7.58. The van der Waals surface area contributed by atoms with Crippen molar-refractivity contribution in [1.82, 2.24) is 20.0 Å². The molecule has 0 atom stereocenters. The summed E-state index contributed by atoms with van der Waals surface area (Å²) in [5.41, 5.74) is 1.25. The summed E-state index contributed by atoms with van der Waals surface area (Å²) in [6.45, 7) is 9.92. The van der Waals surface area contributed by atoms with Crippen LogP contribution < -0.4 is 5.32 Å². The molecule has 0 amide bonds. The number of nitrogens with zero attached hydrogens (tertiary/aromatic N) is 3. The van der Waals surface area contributed by atoms with Gasteiger partial charge in [0.05, 0.1) is 6.20 Å². The van der Waals surface area contributed by atoms with Crippen molar-refractivity contribution < 1.29 is 0 Å². The molecule has 0 radical (unpaired) electrons. The molecule has 1 N–H and O–H groups in total.